The minimum atomic E-state index is -4.89. The first-order chi connectivity index (χ1) is 17.6. The van der Waals surface area contributed by atoms with E-state index in [0.717, 1.165) is 12.1 Å². The molecule has 38 heavy (non-hydrogen) atoms. The average molecular weight is 554 g/mol. The topological polar surface area (TPSA) is 90.5 Å². The molecule has 1 heterocycles. The number of carbonyl (C=O) groups is 2. The van der Waals surface area contributed by atoms with E-state index in [1.54, 1.807) is 0 Å². The van der Waals surface area contributed by atoms with Gasteiger partial charge in [-0.15, -0.1) is 0 Å². The molecule has 3 aromatic rings. The standard InChI is InChI=1S/C26H21ClF5N3O3/c1-25(2,38)11-33-16-9-18-21(22(35-24(18)37)17-8-14(28)3-4-19(17)27)20(10-16)34-23(36)12-5-13(26(30,31)32)7-15(29)6-12/h3-10,22,33,38H,11H2,1-2H3,(H,34,36)(H,35,37)/t22-/m1/s1. The van der Waals surface area contributed by atoms with Gasteiger partial charge in [-0.25, -0.2) is 8.78 Å². The minimum Gasteiger partial charge on any atom is -0.389 e. The molecule has 0 fully saturated rings. The van der Waals surface area contributed by atoms with E-state index in [1.165, 1.54) is 32.0 Å². The average Bonchev–Trinajstić information content (AvgIpc) is 3.14. The highest BCUT2D eigenvalue weighted by molar-refractivity contribution is 6.31. The van der Waals surface area contributed by atoms with Crippen LogP contribution in [0.1, 0.15) is 57.3 Å². The van der Waals surface area contributed by atoms with Crippen molar-refractivity contribution in [1.82, 2.24) is 5.32 Å². The summed E-state index contributed by atoms with van der Waals surface area (Å²) in [7, 11) is 0. The molecule has 0 aliphatic carbocycles. The van der Waals surface area contributed by atoms with Crippen LogP contribution in [0.5, 0.6) is 0 Å². The monoisotopic (exact) mass is 553 g/mol. The molecule has 1 aliphatic heterocycles. The van der Waals surface area contributed by atoms with E-state index < -0.39 is 52.4 Å². The van der Waals surface area contributed by atoms with Crippen molar-refractivity contribution in [3.05, 3.63) is 93.0 Å². The highest BCUT2D eigenvalue weighted by atomic mass is 35.5. The number of rotatable bonds is 6. The van der Waals surface area contributed by atoms with Crippen LogP contribution in [0.3, 0.4) is 0 Å². The number of amides is 2. The van der Waals surface area contributed by atoms with E-state index in [0.29, 0.717) is 12.1 Å². The van der Waals surface area contributed by atoms with E-state index in [4.69, 9.17) is 11.6 Å². The van der Waals surface area contributed by atoms with Crippen LogP contribution in [0.2, 0.25) is 5.02 Å². The lowest BCUT2D eigenvalue weighted by molar-refractivity contribution is -0.137. The van der Waals surface area contributed by atoms with Gasteiger partial charge in [0.2, 0.25) is 0 Å². The first kappa shape index (κ1) is 27.3. The van der Waals surface area contributed by atoms with Gasteiger partial charge >= 0.3 is 6.18 Å². The Labute approximate surface area is 218 Å². The molecule has 4 rings (SSSR count). The van der Waals surface area contributed by atoms with Crippen molar-refractivity contribution < 1.29 is 36.6 Å². The summed E-state index contributed by atoms with van der Waals surface area (Å²) in [6, 6.07) is 6.76. The van der Waals surface area contributed by atoms with Crippen LogP contribution in [-0.4, -0.2) is 29.1 Å². The fourth-order valence-electron chi connectivity index (χ4n) is 4.00. The SMILES string of the molecule is CC(C)(O)CNc1cc(NC(=O)c2cc(F)cc(C(F)(F)F)c2)c2c(c1)C(=O)N[C@@H]2c1cc(F)ccc1Cl. The zero-order chi connectivity index (χ0) is 28.0. The van der Waals surface area contributed by atoms with Gasteiger partial charge in [0.25, 0.3) is 11.8 Å². The summed E-state index contributed by atoms with van der Waals surface area (Å²) in [4.78, 5) is 25.9. The maximum absolute atomic E-state index is 14.1. The molecule has 0 spiro atoms. The summed E-state index contributed by atoms with van der Waals surface area (Å²) >= 11 is 6.26. The molecule has 1 atom stereocenters. The quantitative estimate of drug-likeness (QED) is 0.286. The van der Waals surface area contributed by atoms with Crippen molar-refractivity contribution >= 4 is 34.8 Å². The lowest BCUT2D eigenvalue weighted by atomic mass is 9.95. The van der Waals surface area contributed by atoms with E-state index in [1.807, 2.05) is 0 Å². The molecule has 4 N–H and O–H groups in total. The molecule has 200 valence electrons. The number of hydrogen-bond donors (Lipinski definition) is 4. The number of anilines is 2. The summed E-state index contributed by atoms with van der Waals surface area (Å²) in [6.45, 7) is 3.11. The number of nitrogens with one attached hydrogen (secondary N) is 3. The van der Waals surface area contributed by atoms with E-state index in [2.05, 4.69) is 16.0 Å². The molecule has 0 saturated heterocycles. The summed E-state index contributed by atoms with van der Waals surface area (Å²) in [6.07, 6.45) is -4.89. The van der Waals surface area contributed by atoms with Crippen molar-refractivity contribution in [1.29, 1.82) is 0 Å². The smallest absolute Gasteiger partial charge is 0.389 e. The van der Waals surface area contributed by atoms with Crippen molar-refractivity contribution in [3.8, 4) is 0 Å². The Bertz CT molecular complexity index is 1440. The Morgan fingerprint density at radius 1 is 1.05 bits per heavy atom. The molecule has 6 nitrogen and oxygen atoms in total. The van der Waals surface area contributed by atoms with Gasteiger partial charge in [-0.3, -0.25) is 9.59 Å². The molecule has 12 heteroatoms. The summed E-state index contributed by atoms with van der Waals surface area (Å²) in [5.74, 6) is -3.57. The maximum Gasteiger partial charge on any atom is 0.416 e. The molecular formula is C26H21ClF5N3O3. The predicted octanol–water partition coefficient (Wildman–Crippen LogP) is 5.90. The normalized spacial score (nSPS) is 15.2. The van der Waals surface area contributed by atoms with Crippen LogP contribution >= 0.6 is 11.6 Å². The fourth-order valence-corrected chi connectivity index (χ4v) is 4.23. The molecular weight excluding hydrogens is 533 g/mol. The highest BCUT2D eigenvalue weighted by Gasteiger charge is 2.36. The number of halogens is 6. The van der Waals surface area contributed by atoms with E-state index in [-0.39, 0.29) is 45.7 Å². The lowest BCUT2D eigenvalue weighted by Crippen LogP contribution is -2.29. The van der Waals surface area contributed by atoms with E-state index >= 15 is 0 Å². The fraction of sp³-hybridized carbons (Fsp3) is 0.231. The number of hydrogen-bond acceptors (Lipinski definition) is 4. The van der Waals surface area contributed by atoms with Crippen molar-refractivity contribution in [2.24, 2.45) is 0 Å². The van der Waals surface area contributed by atoms with Crippen LogP contribution in [0.4, 0.5) is 33.3 Å². The van der Waals surface area contributed by atoms with Crippen LogP contribution < -0.4 is 16.0 Å². The molecule has 1 aliphatic rings. The number of aliphatic hydroxyl groups is 1. The van der Waals surface area contributed by atoms with Gasteiger partial charge < -0.3 is 21.1 Å². The molecule has 0 radical (unpaired) electrons. The molecule has 0 bridgehead atoms. The van der Waals surface area contributed by atoms with Gasteiger partial charge in [-0.2, -0.15) is 13.2 Å². The third-order valence-corrected chi connectivity index (χ3v) is 6.06. The van der Waals surface area contributed by atoms with Gasteiger partial charge in [0.05, 0.1) is 17.2 Å². The molecule has 0 aromatic heterocycles. The van der Waals surface area contributed by atoms with Crippen LogP contribution in [0, 0.1) is 11.6 Å². The van der Waals surface area contributed by atoms with Crippen molar-refractivity contribution in [3.63, 3.8) is 0 Å². The summed E-state index contributed by atoms with van der Waals surface area (Å²) < 4.78 is 67.6. The Hall–Kier alpha value is -3.70. The number of carbonyl (C=O) groups excluding carboxylic acids is 2. The molecule has 2 amide bonds. The van der Waals surface area contributed by atoms with Gasteiger partial charge in [-0.1, -0.05) is 11.6 Å². The number of benzene rings is 3. The second kappa shape index (κ2) is 9.88. The van der Waals surface area contributed by atoms with Crippen LogP contribution in [0.15, 0.2) is 48.5 Å². The van der Waals surface area contributed by atoms with Crippen molar-refractivity contribution in [2.75, 3.05) is 17.2 Å². The second-order valence-corrected chi connectivity index (χ2v) is 9.81. The van der Waals surface area contributed by atoms with Gasteiger partial charge in [0, 0.05) is 45.2 Å². The Balaban J connectivity index is 1.82. The Morgan fingerprint density at radius 3 is 2.42 bits per heavy atom. The molecule has 0 unspecified atom stereocenters. The minimum absolute atomic E-state index is 0.0211. The number of fused-ring (bicyclic) bond motifs is 1. The Morgan fingerprint density at radius 2 is 1.76 bits per heavy atom. The first-order valence-electron chi connectivity index (χ1n) is 11.2. The predicted molar refractivity (Wildman–Crippen MR) is 131 cm³/mol. The molecule has 0 saturated carbocycles. The van der Waals surface area contributed by atoms with E-state index in [9.17, 15) is 36.6 Å². The summed E-state index contributed by atoms with van der Waals surface area (Å²) in [5.41, 5.74) is -2.42. The zero-order valence-corrected chi connectivity index (χ0v) is 20.7. The van der Waals surface area contributed by atoms with Crippen LogP contribution in [-0.2, 0) is 6.18 Å². The molecule has 3 aromatic carbocycles. The first-order valence-corrected chi connectivity index (χ1v) is 11.6. The highest BCUT2D eigenvalue weighted by Crippen LogP contribution is 2.41. The van der Waals surface area contributed by atoms with Crippen LogP contribution in [0.25, 0.3) is 0 Å². The van der Waals surface area contributed by atoms with Gasteiger partial charge in [-0.05, 0) is 62.4 Å². The number of alkyl halides is 3. The summed E-state index contributed by atoms with van der Waals surface area (Å²) in [5, 5.41) is 18.2. The van der Waals surface area contributed by atoms with Gasteiger partial charge in [0.15, 0.2) is 0 Å². The van der Waals surface area contributed by atoms with Crippen molar-refractivity contribution in [2.45, 2.75) is 31.7 Å². The zero-order valence-electron chi connectivity index (χ0n) is 19.9. The third kappa shape index (κ3) is 5.89. The lowest BCUT2D eigenvalue weighted by Gasteiger charge is -2.21. The second-order valence-electron chi connectivity index (χ2n) is 9.40. The maximum atomic E-state index is 14.1. The largest absolute Gasteiger partial charge is 0.416 e. The Kier molecular flexibility index (Phi) is 7.11. The third-order valence-electron chi connectivity index (χ3n) is 5.72. The van der Waals surface area contributed by atoms with Gasteiger partial charge in [0.1, 0.15) is 11.6 Å².